The van der Waals surface area contributed by atoms with Crippen LogP contribution < -0.4 is 5.73 Å². The Balaban J connectivity index is 0.00000364. The quantitative estimate of drug-likeness (QED) is 0.562. The first-order valence-corrected chi connectivity index (χ1v) is 9.36. The second-order valence-corrected chi connectivity index (χ2v) is 7.88. The van der Waals surface area contributed by atoms with Crippen molar-refractivity contribution in [2.75, 3.05) is 0 Å². The number of pyridine rings is 1. The van der Waals surface area contributed by atoms with Gasteiger partial charge in [-0.1, -0.05) is 51.4 Å². The largest absolute Gasteiger partial charge is 0.478 e. The highest BCUT2D eigenvalue weighted by atomic mass is 35.5. The Hall–Kier alpha value is -1.33. The minimum Gasteiger partial charge on any atom is -0.478 e. The Morgan fingerprint density at radius 2 is 1.54 bits per heavy atom. The summed E-state index contributed by atoms with van der Waals surface area (Å²) in [4.78, 5) is 16.9. The van der Waals surface area contributed by atoms with Gasteiger partial charge in [0, 0.05) is 22.8 Å². The van der Waals surface area contributed by atoms with E-state index in [1.165, 1.54) is 0 Å². The summed E-state index contributed by atoms with van der Waals surface area (Å²) in [6, 6.07) is 7.24. The van der Waals surface area contributed by atoms with Gasteiger partial charge >= 0.3 is 5.97 Å². The van der Waals surface area contributed by atoms with Gasteiger partial charge in [0.2, 0.25) is 0 Å². The van der Waals surface area contributed by atoms with Crippen LogP contribution in [0.25, 0.3) is 11.1 Å². The maximum Gasteiger partial charge on any atom is 0.338 e. The van der Waals surface area contributed by atoms with Crippen molar-refractivity contribution in [3.05, 3.63) is 51.8 Å². The van der Waals surface area contributed by atoms with Crippen LogP contribution in [0.15, 0.2) is 24.3 Å². The Morgan fingerprint density at radius 1 is 1.04 bits per heavy atom. The number of hydrogen-bond donors (Lipinski definition) is 2. The molecule has 0 radical (unpaired) electrons. The van der Waals surface area contributed by atoms with Crippen molar-refractivity contribution in [1.82, 2.24) is 4.98 Å². The smallest absolute Gasteiger partial charge is 0.338 e. The van der Waals surface area contributed by atoms with Gasteiger partial charge in [-0.05, 0) is 47.9 Å². The number of benzene rings is 1. The van der Waals surface area contributed by atoms with Gasteiger partial charge in [0.15, 0.2) is 0 Å². The Kier molecular flexibility index (Phi) is 11.1. The molecule has 7 heteroatoms. The maximum absolute atomic E-state index is 12.2. The van der Waals surface area contributed by atoms with E-state index < -0.39 is 5.97 Å². The second kappa shape index (κ2) is 11.6. The summed E-state index contributed by atoms with van der Waals surface area (Å²) < 4.78 is 0. The molecule has 28 heavy (non-hydrogen) atoms. The fourth-order valence-electron chi connectivity index (χ4n) is 3.20. The van der Waals surface area contributed by atoms with Crippen molar-refractivity contribution < 1.29 is 9.90 Å². The van der Waals surface area contributed by atoms with E-state index in [0.29, 0.717) is 34.5 Å². The molecule has 4 nitrogen and oxygen atoms in total. The fourth-order valence-corrected chi connectivity index (χ4v) is 3.33. The zero-order valence-corrected chi connectivity index (χ0v) is 19.0. The van der Waals surface area contributed by atoms with Crippen LogP contribution in [0.1, 0.15) is 55.0 Å². The summed E-state index contributed by atoms with van der Waals surface area (Å²) in [6.45, 7) is 8.62. The van der Waals surface area contributed by atoms with Gasteiger partial charge in [0.1, 0.15) is 0 Å². The molecule has 0 amide bonds. The highest BCUT2D eigenvalue weighted by molar-refractivity contribution is 6.30. The second-order valence-electron chi connectivity index (χ2n) is 7.45. The van der Waals surface area contributed by atoms with E-state index in [1.807, 2.05) is 12.1 Å². The first-order valence-electron chi connectivity index (χ1n) is 8.98. The van der Waals surface area contributed by atoms with Gasteiger partial charge in [-0.2, -0.15) is 0 Å². The van der Waals surface area contributed by atoms with E-state index in [0.717, 1.165) is 23.2 Å². The van der Waals surface area contributed by atoms with E-state index in [9.17, 15) is 9.90 Å². The molecule has 0 spiro atoms. The minimum atomic E-state index is -0.969. The number of hydrogen-bond acceptors (Lipinski definition) is 3. The summed E-state index contributed by atoms with van der Waals surface area (Å²) in [5, 5.41) is 10.6. The van der Waals surface area contributed by atoms with Crippen molar-refractivity contribution in [2.45, 2.75) is 47.1 Å². The third kappa shape index (κ3) is 6.35. The van der Waals surface area contributed by atoms with Crippen LogP contribution >= 0.6 is 36.4 Å². The molecule has 2 rings (SSSR count). The average Bonchev–Trinajstić information content (AvgIpc) is 2.53. The Morgan fingerprint density at radius 3 is 1.96 bits per heavy atom. The molecular weight excluding hydrogens is 419 g/mol. The molecule has 3 N–H and O–H groups in total. The molecule has 0 atom stereocenters. The molecule has 0 unspecified atom stereocenters. The predicted octanol–water partition coefficient (Wildman–Crippen LogP) is 5.80. The van der Waals surface area contributed by atoms with E-state index >= 15 is 0 Å². The van der Waals surface area contributed by atoms with E-state index in [4.69, 9.17) is 22.3 Å². The van der Waals surface area contributed by atoms with Crippen LogP contribution in [0.2, 0.25) is 5.02 Å². The molecule has 0 aliphatic carbocycles. The fraction of sp³-hybridized carbons (Fsp3) is 0.429. The molecular formula is C21H29Cl3N2O2. The number of nitrogens with zero attached hydrogens (tertiary/aromatic N) is 1. The zero-order valence-electron chi connectivity index (χ0n) is 16.7. The maximum atomic E-state index is 12.2. The molecule has 0 aliphatic rings. The van der Waals surface area contributed by atoms with Crippen LogP contribution in [0, 0.1) is 11.8 Å². The molecule has 0 aliphatic heterocycles. The molecule has 1 aromatic carbocycles. The van der Waals surface area contributed by atoms with Crippen LogP contribution in [0.3, 0.4) is 0 Å². The lowest BCUT2D eigenvalue weighted by Crippen LogP contribution is -2.18. The van der Waals surface area contributed by atoms with Gasteiger partial charge in [-0.15, -0.1) is 24.8 Å². The number of aromatic carboxylic acids is 1. The van der Waals surface area contributed by atoms with Crippen molar-refractivity contribution in [2.24, 2.45) is 17.6 Å². The van der Waals surface area contributed by atoms with Gasteiger partial charge in [0.25, 0.3) is 0 Å². The van der Waals surface area contributed by atoms with Crippen molar-refractivity contribution in [3.63, 3.8) is 0 Å². The molecule has 2 aromatic rings. The Labute approximate surface area is 184 Å². The van der Waals surface area contributed by atoms with Crippen molar-refractivity contribution in [1.29, 1.82) is 0 Å². The molecule has 0 fully saturated rings. The van der Waals surface area contributed by atoms with E-state index in [1.54, 1.807) is 12.1 Å². The number of carboxylic acid groups (broad SMARTS) is 1. The van der Waals surface area contributed by atoms with E-state index in [2.05, 4.69) is 27.7 Å². The normalized spacial score (nSPS) is 10.6. The molecule has 0 saturated carbocycles. The lowest BCUT2D eigenvalue weighted by Gasteiger charge is -2.21. The lowest BCUT2D eigenvalue weighted by atomic mass is 9.88. The van der Waals surface area contributed by atoms with Crippen molar-refractivity contribution in [3.8, 4) is 11.1 Å². The number of aromatic nitrogens is 1. The number of rotatable bonds is 7. The molecule has 1 aromatic heterocycles. The van der Waals surface area contributed by atoms with Crippen LogP contribution in [0.5, 0.6) is 0 Å². The SMILES string of the molecule is CC(C)Cc1nc(CC(C)C)c(C(=O)O)c(-c2ccc(Cl)cc2)c1CN.Cl.Cl. The number of carboxylic acids is 1. The summed E-state index contributed by atoms with van der Waals surface area (Å²) in [5.74, 6) is -0.272. The molecule has 1 heterocycles. The lowest BCUT2D eigenvalue weighted by molar-refractivity contribution is 0.0695. The minimum absolute atomic E-state index is 0. The zero-order chi connectivity index (χ0) is 19.4. The summed E-state index contributed by atoms with van der Waals surface area (Å²) in [5.41, 5.74) is 10.1. The van der Waals surface area contributed by atoms with Crippen molar-refractivity contribution >= 4 is 42.4 Å². The summed E-state index contributed by atoms with van der Waals surface area (Å²) in [7, 11) is 0. The van der Waals surface area contributed by atoms with Gasteiger partial charge in [-0.3, -0.25) is 4.98 Å². The van der Waals surface area contributed by atoms with Gasteiger partial charge < -0.3 is 10.8 Å². The third-order valence-corrected chi connectivity index (χ3v) is 4.46. The first kappa shape index (κ1) is 26.7. The predicted molar refractivity (Wildman–Crippen MR) is 121 cm³/mol. The summed E-state index contributed by atoms with van der Waals surface area (Å²) in [6.07, 6.45) is 1.37. The van der Waals surface area contributed by atoms with Gasteiger partial charge in [0.05, 0.1) is 11.3 Å². The van der Waals surface area contributed by atoms with Gasteiger partial charge in [-0.25, -0.2) is 4.79 Å². The number of nitrogens with two attached hydrogens (primary N) is 1. The summed E-state index contributed by atoms with van der Waals surface area (Å²) >= 11 is 6.02. The van der Waals surface area contributed by atoms with Crippen LogP contribution in [0.4, 0.5) is 0 Å². The number of carbonyl (C=O) groups is 1. The van der Waals surface area contributed by atoms with Crippen LogP contribution in [-0.4, -0.2) is 16.1 Å². The third-order valence-electron chi connectivity index (χ3n) is 4.21. The monoisotopic (exact) mass is 446 g/mol. The van der Waals surface area contributed by atoms with E-state index in [-0.39, 0.29) is 36.9 Å². The average molecular weight is 448 g/mol. The topological polar surface area (TPSA) is 76.2 Å². The first-order chi connectivity index (χ1) is 12.2. The number of halogens is 3. The highest BCUT2D eigenvalue weighted by Gasteiger charge is 2.25. The Bertz CT molecular complexity index is 791. The van der Waals surface area contributed by atoms with Crippen LogP contribution in [-0.2, 0) is 19.4 Å². The molecule has 156 valence electrons. The molecule has 0 bridgehead atoms. The molecule has 0 saturated heterocycles. The highest BCUT2D eigenvalue weighted by Crippen LogP contribution is 2.34. The standard InChI is InChI=1S/C21H27ClN2O2.2ClH/c1-12(2)9-17-16(11-23)19(14-5-7-15(22)8-6-14)20(21(25)26)18(24-17)10-13(3)4;;/h5-8,12-13H,9-11,23H2,1-4H3,(H,25,26);2*1H.